The second kappa shape index (κ2) is 7.53. The molecule has 12 heavy (non-hydrogen) atoms. The Kier molecular flexibility index (Phi) is 7.45. The second-order valence-electron chi connectivity index (χ2n) is 2.62. The van der Waals surface area contributed by atoms with Gasteiger partial charge in [0.2, 0.25) is 0 Å². The number of methoxy groups -OCH3 is 1. The van der Waals surface area contributed by atoms with Crippen LogP contribution in [0.15, 0.2) is 0 Å². The second-order valence-corrected chi connectivity index (χ2v) is 2.62. The first-order valence-corrected chi connectivity index (χ1v) is 4.50. The summed E-state index contributed by atoms with van der Waals surface area (Å²) in [4.78, 5) is 0. The van der Waals surface area contributed by atoms with E-state index in [2.05, 4.69) is 0 Å². The molecule has 1 atom stereocenters. The standard InChI is InChI=1S/C9H20O3/c1-5-11-9(12-6-2)7-8(3)10-4/h8-9H,5-7H2,1-4H3. The minimum atomic E-state index is -0.116. The van der Waals surface area contributed by atoms with E-state index in [0.29, 0.717) is 13.2 Å². The molecule has 0 rings (SSSR count). The molecular weight excluding hydrogens is 156 g/mol. The van der Waals surface area contributed by atoms with E-state index in [-0.39, 0.29) is 12.4 Å². The molecule has 3 nitrogen and oxygen atoms in total. The van der Waals surface area contributed by atoms with Gasteiger partial charge in [-0.25, -0.2) is 0 Å². The zero-order chi connectivity index (χ0) is 9.40. The Hall–Kier alpha value is -0.120. The van der Waals surface area contributed by atoms with Gasteiger partial charge in [0, 0.05) is 26.7 Å². The Morgan fingerprint density at radius 3 is 1.92 bits per heavy atom. The Balaban J connectivity index is 3.61. The van der Waals surface area contributed by atoms with E-state index in [9.17, 15) is 0 Å². The van der Waals surface area contributed by atoms with Crippen LogP contribution in [0, 0.1) is 0 Å². The van der Waals surface area contributed by atoms with Crippen LogP contribution in [0.2, 0.25) is 0 Å². The Labute approximate surface area is 75.0 Å². The van der Waals surface area contributed by atoms with Crippen molar-refractivity contribution in [2.24, 2.45) is 0 Å². The summed E-state index contributed by atoms with van der Waals surface area (Å²) in [7, 11) is 1.69. The first kappa shape index (κ1) is 11.9. The minimum absolute atomic E-state index is 0.116. The minimum Gasteiger partial charge on any atom is -0.382 e. The fourth-order valence-electron chi connectivity index (χ4n) is 0.923. The van der Waals surface area contributed by atoms with E-state index in [0.717, 1.165) is 6.42 Å². The molecule has 74 valence electrons. The Morgan fingerprint density at radius 2 is 1.58 bits per heavy atom. The van der Waals surface area contributed by atoms with Crippen molar-refractivity contribution in [2.45, 2.75) is 39.6 Å². The summed E-state index contributed by atoms with van der Waals surface area (Å²) in [5.41, 5.74) is 0. The third-order valence-corrected chi connectivity index (χ3v) is 1.63. The lowest BCUT2D eigenvalue weighted by Crippen LogP contribution is -2.23. The van der Waals surface area contributed by atoms with Crippen LogP contribution < -0.4 is 0 Å². The van der Waals surface area contributed by atoms with Gasteiger partial charge in [0.25, 0.3) is 0 Å². The summed E-state index contributed by atoms with van der Waals surface area (Å²) < 4.78 is 15.8. The van der Waals surface area contributed by atoms with Crippen LogP contribution in [0.25, 0.3) is 0 Å². The molecule has 0 aliphatic rings. The van der Waals surface area contributed by atoms with E-state index < -0.39 is 0 Å². The predicted octanol–water partition coefficient (Wildman–Crippen LogP) is 1.81. The molecule has 0 aromatic heterocycles. The number of rotatable bonds is 7. The van der Waals surface area contributed by atoms with Gasteiger partial charge in [0.05, 0.1) is 6.10 Å². The van der Waals surface area contributed by atoms with Gasteiger partial charge in [-0.05, 0) is 20.8 Å². The van der Waals surface area contributed by atoms with E-state index in [1.807, 2.05) is 20.8 Å². The SMILES string of the molecule is CCOC(CC(C)OC)OCC. The molecule has 0 fully saturated rings. The zero-order valence-electron chi connectivity index (χ0n) is 8.50. The summed E-state index contributed by atoms with van der Waals surface area (Å²) in [6.07, 6.45) is 0.862. The summed E-state index contributed by atoms with van der Waals surface area (Å²) in [5, 5.41) is 0. The number of ether oxygens (including phenoxy) is 3. The van der Waals surface area contributed by atoms with Crippen LogP contribution in [0.5, 0.6) is 0 Å². The molecule has 0 amide bonds. The first-order valence-electron chi connectivity index (χ1n) is 4.50. The highest BCUT2D eigenvalue weighted by Gasteiger charge is 2.11. The van der Waals surface area contributed by atoms with Crippen molar-refractivity contribution in [2.75, 3.05) is 20.3 Å². The largest absolute Gasteiger partial charge is 0.382 e. The molecule has 1 unspecified atom stereocenters. The summed E-state index contributed by atoms with van der Waals surface area (Å²) in [6.45, 7) is 7.29. The molecule has 0 aliphatic carbocycles. The van der Waals surface area contributed by atoms with Crippen molar-refractivity contribution >= 4 is 0 Å². The molecule has 0 saturated heterocycles. The van der Waals surface area contributed by atoms with E-state index >= 15 is 0 Å². The van der Waals surface area contributed by atoms with Gasteiger partial charge in [-0.15, -0.1) is 0 Å². The fourth-order valence-corrected chi connectivity index (χ4v) is 0.923. The third-order valence-electron chi connectivity index (χ3n) is 1.63. The van der Waals surface area contributed by atoms with Gasteiger partial charge in [-0.1, -0.05) is 0 Å². The van der Waals surface area contributed by atoms with Gasteiger partial charge in [-0.2, -0.15) is 0 Å². The van der Waals surface area contributed by atoms with Crippen molar-refractivity contribution in [1.29, 1.82) is 0 Å². The van der Waals surface area contributed by atoms with Crippen molar-refractivity contribution in [3.63, 3.8) is 0 Å². The van der Waals surface area contributed by atoms with Gasteiger partial charge < -0.3 is 14.2 Å². The lowest BCUT2D eigenvalue weighted by atomic mass is 10.3. The van der Waals surface area contributed by atoms with E-state index in [1.54, 1.807) is 7.11 Å². The Bertz CT molecular complexity index is 89.8. The Morgan fingerprint density at radius 1 is 1.08 bits per heavy atom. The first-order chi connectivity index (χ1) is 5.74. The lowest BCUT2D eigenvalue weighted by Gasteiger charge is -2.19. The quantitative estimate of drug-likeness (QED) is 0.554. The van der Waals surface area contributed by atoms with Crippen LogP contribution >= 0.6 is 0 Å². The van der Waals surface area contributed by atoms with Crippen molar-refractivity contribution in [3.05, 3.63) is 0 Å². The molecule has 0 heterocycles. The molecule has 0 aromatic rings. The van der Waals surface area contributed by atoms with Crippen molar-refractivity contribution in [1.82, 2.24) is 0 Å². The van der Waals surface area contributed by atoms with Gasteiger partial charge in [0.1, 0.15) is 0 Å². The monoisotopic (exact) mass is 176 g/mol. The molecule has 0 bridgehead atoms. The molecular formula is C9H20O3. The van der Waals surface area contributed by atoms with Gasteiger partial charge in [-0.3, -0.25) is 0 Å². The van der Waals surface area contributed by atoms with Crippen LogP contribution in [0.1, 0.15) is 27.2 Å². The topological polar surface area (TPSA) is 27.7 Å². The average molecular weight is 176 g/mol. The number of hydrogen-bond acceptors (Lipinski definition) is 3. The number of hydrogen-bond donors (Lipinski definition) is 0. The van der Waals surface area contributed by atoms with Crippen LogP contribution in [0.3, 0.4) is 0 Å². The smallest absolute Gasteiger partial charge is 0.159 e. The van der Waals surface area contributed by atoms with Crippen LogP contribution in [-0.4, -0.2) is 32.7 Å². The highest BCUT2D eigenvalue weighted by molar-refractivity contribution is 4.53. The molecule has 3 heteroatoms. The lowest BCUT2D eigenvalue weighted by molar-refractivity contribution is -0.153. The van der Waals surface area contributed by atoms with Gasteiger partial charge >= 0.3 is 0 Å². The molecule has 0 aromatic carbocycles. The average Bonchev–Trinajstić information content (AvgIpc) is 2.05. The van der Waals surface area contributed by atoms with Crippen molar-refractivity contribution in [3.8, 4) is 0 Å². The molecule has 0 aliphatic heterocycles. The van der Waals surface area contributed by atoms with Crippen LogP contribution in [-0.2, 0) is 14.2 Å². The molecule has 0 saturated carbocycles. The fraction of sp³-hybridized carbons (Fsp3) is 1.00. The normalized spacial score (nSPS) is 13.8. The summed E-state index contributed by atoms with van der Waals surface area (Å²) >= 11 is 0. The highest BCUT2D eigenvalue weighted by Crippen LogP contribution is 2.06. The molecule has 0 spiro atoms. The molecule has 0 radical (unpaired) electrons. The zero-order valence-corrected chi connectivity index (χ0v) is 8.50. The van der Waals surface area contributed by atoms with Crippen LogP contribution in [0.4, 0.5) is 0 Å². The van der Waals surface area contributed by atoms with E-state index in [1.165, 1.54) is 0 Å². The van der Waals surface area contributed by atoms with E-state index in [4.69, 9.17) is 14.2 Å². The maximum absolute atomic E-state index is 5.35. The highest BCUT2D eigenvalue weighted by atomic mass is 16.7. The maximum atomic E-state index is 5.35. The summed E-state index contributed by atoms with van der Waals surface area (Å²) in [5.74, 6) is 0. The third kappa shape index (κ3) is 5.52. The van der Waals surface area contributed by atoms with Crippen molar-refractivity contribution < 1.29 is 14.2 Å². The summed E-state index contributed by atoms with van der Waals surface area (Å²) in [6, 6.07) is 0. The maximum Gasteiger partial charge on any atom is 0.159 e. The predicted molar refractivity (Wildman–Crippen MR) is 48.1 cm³/mol. The molecule has 0 N–H and O–H groups in total. The van der Waals surface area contributed by atoms with Gasteiger partial charge in [0.15, 0.2) is 6.29 Å².